The number of aromatic carboxylic acids is 1. The van der Waals surface area contributed by atoms with E-state index >= 15 is 0 Å². The third-order valence-corrected chi connectivity index (χ3v) is 4.65. The van der Waals surface area contributed by atoms with Crippen LogP contribution in [-0.2, 0) is 5.75 Å². The number of rotatable bonds is 5. The van der Waals surface area contributed by atoms with Crippen LogP contribution < -0.4 is 9.47 Å². The molecule has 26 heavy (non-hydrogen) atoms. The van der Waals surface area contributed by atoms with E-state index in [9.17, 15) is 4.79 Å². The van der Waals surface area contributed by atoms with E-state index in [2.05, 4.69) is 10.2 Å². The second-order valence-corrected chi connectivity index (χ2v) is 6.45. The molecular weight excluding hydrogens is 356 g/mol. The van der Waals surface area contributed by atoms with Gasteiger partial charge in [0.15, 0.2) is 11.5 Å². The van der Waals surface area contributed by atoms with E-state index in [4.69, 9.17) is 19.0 Å². The summed E-state index contributed by atoms with van der Waals surface area (Å²) in [4.78, 5) is 10.9. The maximum Gasteiger partial charge on any atom is 0.335 e. The highest BCUT2D eigenvalue weighted by molar-refractivity contribution is 7.98. The number of carboxylic acids is 1. The van der Waals surface area contributed by atoms with Crippen molar-refractivity contribution < 1.29 is 23.8 Å². The van der Waals surface area contributed by atoms with Gasteiger partial charge in [-0.15, -0.1) is 10.2 Å². The van der Waals surface area contributed by atoms with E-state index in [0.717, 1.165) is 11.1 Å². The summed E-state index contributed by atoms with van der Waals surface area (Å²) >= 11 is 1.39. The summed E-state index contributed by atoms with van der Waals surface area (Å²) in [5, 5.41) is 17.5. The molecule has 0 radical (unpaired) electrons. The maximum atomic E-state index is 10.9. The summed E-state index contributed by atoms with van der Waals surface area (Å²) in [6.07, 6.45) is 0. The van der Waals surface area contributed by atoms with E-state index in [-0.39, 0.29) is 5.56 Å². The Morgan fingerprint density at radius 2 is 1.81 bits per heavy atom. The SMILES string of the molecule is O=C(O)c1ccc(CSc2nnc(-c3ccc4c(c3)OCCO4)o2)cc1. The molecule has 1 aliphatic rings. The Kier molecular flexibility index (Phi) is 4.49. The molecule has 2 heterocycles. The fourth-order valence-electron chi connectivity index (χ4n) is 2.45. The molecule has 0 saturated heterocycles. The van der Waals surface area contributed by atoms with Crippen LogP contribution >= 0.6 is 11.8 Å². The quantitative estimate of drug-likeness (QED) is 0.682. The predicted molar refractivity (Wildman–Crippen MR) is 93.7 cm³/mol. The third kappa shape index (κ3) is 3.50. The van der Waals surface area contributed by atoms with Crippen LogP contribution in [0.2, 0.25) is 0 Å². The fraction of sp³-hybridized carbons (Fsp3) is 0.167. The van der Waals surface area contributed by atoms with Crippen LogP contribution in [0.1, 0.15) is 15.9 Å². The first-order valence-electron chi connectivity index (χ1n) is 7.87. The maximum absolute atomic E-state index is 10.9. The number of hydrogen-bond donors (Lipinski definition) is 1. The molecule has 3 aromatic rings. The molecule has 1 aliphatic heterocycles. The van der Waals surface area contributed by atoms with Crippen molar-refractivity contribution in [2.24, 2.45) is 0 Å². The zero-order valence-corrected chi connectivity index (χ0v) is 14.4. The van der Waals surface area contributed by atoms with Gasteiger partial charge in [0.2, 0.25) is 5.89 Å². The number of carbonyl (C=O) groups is 1. The number of carboxylic acid groups (broad SMARTS) is 1. The number of aromatic nitrogens is 2. The van der Waals surface area contributed by atoms with Gasteiger partial charge in [-0.3, -0.25) is 0 Å². The topological polar surface area (TPSA) is 94.7 Å². The number of benzene rings is 2. The average Bonchev–Trinajstić information content (AvgIpc) is 3.15. The molecule has 2 aromatic carbocycles. The summed E-state index contributed by atoms with van der Waals surface area (Å²) in [6.45, 7) is 1.06. The first-order chi connectivity index (χ1) is 12.7. The Labute approximate surface area is 153 Å². The molecule has 132 valence electrons. The minimum atomic E-state index is -0.940. The van der Waals surface area contributed by atoms with Crippen molar-refractivity contribution in [3.63, 3.8) is 0 Å². The number of nitrogens with zero attached hydrogens (tertiary/aromatic N) is 2. The Bertz CT molecular complexity index is 939. The van der Waals surface area contributed by atoms with Gasteiger partial charge in [0, 0.05) is 11.3 Å². The second-order valence-electron chi connectivity index (χ2n) is 5.52. The molecular formula is C18H14N2O5S. The number of hydrogen-bond acceptors (Lipinski definition) is 7. The summed E-state index contributed by atoms with van der Waals surface area (Å²) in [5.74, 6) is 1.44. The van der Waals surface area contributed by atoms with Gasteiger partial charge in [-0.1, -0.05) is 23.9 Å². The van der Waals surface area contributed by atoms with Crippen molar-refractivity contribution in [2.75, 3.05) is 13.2 Å². The lowest BCUT2D eigenvalue weighted by molar-refractivity contribution is 0.0697. The highest BCUT2D eigenvalue weighted by Crippen LogP contribution is 2.35. The summed E-state index contributed by atoms with van der Waals surface area (Å²) in [6, 6.07) is 12.2. The zero-order valence-electron chi connectivity index (χ0n) is 13.5. The molecule has 0 aliphatic carbocycles. The molecule has 0 unspecified atom stereocenters. The minimum absolute atomic E-state index is 0.262. The molecule has 8 heteroatoms. The van der Waals surface area contributed by atoms with Crippen LogP contribution in [0.15, 0.2) is 52.1 Å². The van der Waals surface area contributed by atoms with Crippen molar-refractivity contribution >= 4 is 17.7 Å². The van der Waals surface area contributed by atoms with Crippen LogP contribution in [0.5, 0.6) is 11.5 Å². The molecule has 0 atom stereocenters. The van der Waals surface area contributed by atoms with Crippen LogP contribution in [0.25, 0.3) is 11.5 Å². The van der Waals surface area contributed by atoms with Gasteiger partial charge < -0.3 is 19.0 Å². The van der Waals surface area contributed by atoms with Crippen LogP contribution in [-0.4, -0.2) is 34.5 Å². The molecule has 1 N–H and O–H groups in total. The largest absolute Gasteiger partial charge is 0.486 e. The van der Waals surface area contributed by atoms with Crippen LogP contribution in [0.4, 0.5) is 0 Å². The Balaban J connectivity index is 1.44. The molecule has 0 saturated carbocycles. The molecule has 7 nitrogen and oxygen atoms in total. The highest BCUT2D eigenvalue weighted by Gasteiger charge is 2.16. The average molecular weight is 370 g/mol. The van der Waals surface area contributed by atoms with E-state index in [1.165, 1.54) is 11.8 Å². The van der Waals surface area contributed by atoms with Crippen molar-refractivity contribution in [3.05, 3.63) is 53.6 Å². The van der Waals surface area contributed by atoms with Gasteiger partial charge in [0.05, 0.1) is 5.56 Å². The van der Waals surface area contributed by atoms with Crippen molar-refractivity contribution in [2.45, 2.75) is 11.0 Å². The molecule has 1 aromatic heterocycles. The summed E-state index contributed by atoms with van der Waals surface area (Å²) in [7, 11) is 0. The Hall–Kier alpha value is -3.00. The first-order valence-corrected chi connectivity index (χ1v) is 8.86. The van der Waals surface area contributed by atoms with Crippen LogP contribution in [0.3, 0.4) is 0 Å². The lowest BCUT2D eigenvalue weighted by Gasteiger charge is -2.18. The standard InChI is InChI=1S/C18H14N2O5S/c21-17(22)12-3-1-11(2-4-12)10-26-18-20-19-16(25-18)13-5-6-14-15(9-13)24-8-7-23-14/h1-6,9H,7-8,10H2,(H,21,22). The minimum Gasteiger partial charge on any atom is -0.486 e. The number of ether oxygens (including phenoxy) is 2. The zero-order chi connectivity index (χ0) is 17.9. The van der Waals surface area contributed by atoms with Gasteiger partial charge >= 0.3 is 5.97 Å². The van der Waals surface area contributed by atoms with Gasteiger partial charge in [-0.2, -0.15) is 0 Å². The van der Waals surface area contributed by atoms with Gasteiger partial charge in [0.25, 0.3) is 5.22 Å². The monoisotopic (exact) mass is 370 g/mol. The van der Waals surface area contributed by atoms with Gasteiger partial charge in [-0.25, -0.2) is 4.79 Å². The number of thioether (sulfide) groups is 1. The summed E-state index contributed by atoms with van der Waals surface area (Å²) < 4.78 is 16.8. The molecule has 0 fully saturated rings. The normalized spacial score (nSPS) is 12.8. The van der Waals surface area contributed by atoms with E-state index in [0.29, 0.717) is 41.6 Å². The molecule has 0 amide bonds. The lowest BCUT2D eigenvalue weighted by Crippen LogP contribution is -2.15. The molecule has 0 bridgehead atoms. The Morgan fingerprint density at radius 1 is 1.04 bits per heavy atom. The van der Waals surface area contributed by atoms with Gasteiger partial charge in [0.1, 0.15) is 13.2 Å². The van der Waals surface area contributed by atoms with E-state index in [1.54, 1.807) is 24.3 Å². The molecule has 0 spiro atoms. The van der Waals surface area contributed by atoms with E-state index < -0.39 is 5.97 Å². The fourth-order valence-corrected chi connectivity index (χ4v) is 3.17. The molecule has 4 rings (SSSR count). The van der Waals surface area contributed by atoms with Crippen molar-refractivity contribution in [3.8, 4) is 23.0 Å². The third-order valence-electron chi connectivity index (χ3n) is 3.76. The smallest absolute Gasteiger partial charge is 0.335 e. The summed E-state index contributed by atoms with van der Waals surface area (Å²) in [5.41, 5.74) is 2.00. The lowest BCUT2D eigenvalue weighted by atomic mass is 10.1. The highest BCUT2D eigenvalue weighted by atomic mass is 32.2. The predicted octanol–water partition coefficient (Wildman–Crippen LogP) is 3.50. The van der Waals surface area contributed by atoms with Gasteiger partial charge in [-0.05, 0) is 35.9 Å². The van der Waals surface area contributed by atoms with E-state index in [1.807, 2.05) is 18.2 Å². The van der Waals surface area contributed by atoms with Crippen molar-refractivity contribution in [1.29, 1.82) is 0 Å². The number of fused-ring (bicyclic) bond motifs is 1. The first kappa shape index (κ1) is 16.5. The second kappa shape index (κ2) is 7.09. The van der Waals surface area contributed by atoms with Crippen LogP contribution in [0, 0.1) is 0 Å². The van der Waals surface area contributed by atoms with Crippen molar-refractivity contribution in [1.82, 2.24) is 10.2 Å². The Morgan fingerprint density at radius 3 is 2.58 bits per heavy atom.